The molecule has 0 saturated heterocycles. The van der Waals surface area contributed by atoms with Crippen molar-refractivity contribution in [2.24, 2.45) is 0 Å². The van der Waals surface area contributed by atoms with Gasteiger partial charge in [0.2, 0.25) is 0 Å². The van der Waals surface area contributed by atoms with E-state index in [-0.39, 0.29) is 16.5 Å². The number of sulfone groups is 1. The number of aromatic nitrogens is 3. The standard InChI is InChI=1S/C11H15N5O2S/c1-3-13-11-9(19(2,17)18)10(12)16(15-11)8-6-4-5-7-14-8/h4-7H,3,12H2,1-2H3,(H,13,15). The van der Waals surface area contributed by atoms with Crippen LogP contribution in [0.15, 0.2) is 29.3 Å². The first kappa shape index (κ1) is 13.3. The largest absolute Gasteiger partial charge is 0.382 e. The number of pyridine rings is 1. The average Bonchev–Trinajstić information content (AvgIpc) is 2.67. The van der Waals surface area contributed by atoms with Gasteiger partial charge < -0.3 is 11.1 Å². The number of nitrogen functional groups attached to an aromatic ring is 1. The molecule has 0 spiro atoms. The zero-order chi connectivity index (χ0) is 14.0. The van der Waals surface area contributed by atoms with E-state index in [2.05, 4.69) is 15.4 Å². The van der Waals surface area contributed by atoms with E-state index in [9.17, 15) is 8.42 Å². The second-order valence-electron chi connectivity index (χ2n) is 3.97. The summed E-state index contributed by atoms with van der Waals surface area (Å²) in [6.07, 6.45) is 2.69. The molecule has 0 aliphatic carbocycles. The lowest BCUT2D eigenvalue weighted by atomic mass is 10.4. The maximum Gasteiger partial charge on any atom is 0.182 e. The van der Waals surface area contributed by atoms with Gasteiger partial charge in [-0.3, -0.25) is 0 Å². The van der Waals surface area contributed by atoms with Gasteiger partial charge in [-0.05, 0) is 19.1 Å². The van der Waals surface area contributed by atoms with Crippen LogP contribution in [0.3, 0.4) is 0 Å². The molecule has 102 valence electrons. The van der Waals surface area contributed by atoms with Crippen LogP contribution in [0.2, 0.25) is 0 Å². The Morgan fingerprint density at radius 3 is 2.68 bits per heavy atom. The van der Waals surface area contributed by atoms with Crippen molar-refractivity contribution >= 4 is 21.5 Å². The minimum Gasteiger partial charge on any atom is -0.382 e. The lowest BCUT2D eigenvalue weighted by molar-refractivity contribution is 0.602. The maximum atomic E-state index is 11.8. The molecule has 0 saturated carbocycles. The van der Waals surface area contributed by atoms with E-state index < -0.39 is 9.84 Å². The van der Waals surface area contributed by atoms with E-state index in [1.165, 1.54) is 4.68 Å². The Morgan fingerprint density at radius 2 is 2.16 bits per heavy atom. The lowest BCUT2D eigenvalue weighted by Gasteiger charge is -2.02. The Bertz CT molecular complexity index is 679. The summed E-state index contributed by atoms with van der Waals surface area (Å²) in [6.45, 7) is 2.39. The van der Waals surface area contributed by atoms with Crippen LogP contribution < -0.4 is 11.1 Å². The zero-order valence-corrected chi connectivity index (χ0v) is 11.5. The number of hydrogen-bond acceptors (Lipinski definition) is 6. The summed E-state index contributed by atoms with van der Waals surface area (Å²) in [7, 11) is -3.47. The quantitative estimate of drug-likeness (QED) is 0.854. The van der Waals surface area contributed by atoms with E-state index in [0.717, 1.165) is 6.26 Å². The molecule has 8 heteroatoms. The Hall–Kier alpha value is -2.09. The van der Waals surface area contributed by atoms with E-state index >= 15 is 0 Å². The molecule has 0 radical (unpaired) electrons. The van der Waals surface area contributed by atoms with Crippen molar-refractivity contribution in [2.45, 2.75) is 11.8 Å². The van der Waals surface area contributed by atoms with E-state index in [4.69, 9.17) is 5.73 Å². The SMILES string of the molecule is CCNc1nn(-c2ccccn2)c(N)c1S(C)(=O)=O. The molecule has 2 rings (SSSR count). The van der Waals surface area contributed by atoms with Crippen molar-refractivity contribution in [2.75, 3.05) is 23.9 Å². The highest BCUT2D eigenvalue weighted by Crippen LogP contribution is 2.28. The molecule has 7 nitrogen and oxygen atoms in total. The first-order valence-corrected chi connectivity index (χ1v) is 7.58. The highest BCUT2D eigenvalue weighted by atomic mass is 32.2. The summed E-state index contributed by atoms with van der Waals surface area (Å²) in [5, 5.41) is 7.07. The third-order valence-corrected chi connectivity index (χ3v) is 3.60. The molecule has 0 fully saturated rings. The third-order valence-electron chi connectivity index (χ3n) is 2.46. The Balaban J connectivity index is 2.66. The maximum absolute atomic E-state index is 11.8. The second-order valence-corrected chi connectivity index (χ2v) is 5.92. The first-order chi connectivity index (χ1) is 8.95. The zero-order valence-electron chi connectivity index (χ0n) is 10.7. The first-order valence-electron chi connectivity index (χ1n) is 5.69. The number of anilines is 2. The van der Waals surface area contributed by atoms with Gasteiger partial charge in [0.05, 0.1) is 0 Å². The topological polar surface area (TPSA) is 103 Å². The van der Waals surface area contributed by atoms with E-state index in [1.54, 1.807) is 24.4 Å². The van der Waals surface area contributed by atoms with Crippen LogP contribution in [0.5, 0.6) is 0 Å². The molecule has 0 aromatic carbocycles. The van der Waals surface area contributed by atoms with Crippen molar-refractivity contribution in [3.05, 3.63) is 24.4 Å². The smallest absolute Gasteiger partial charge is 0.182 e. The van der Waals surface area contributed by atoms with Crippen LogP contribution in [0.4, 0.5) is 11.6 Å². The molecule has 2 heterocycles. The third kappa shape index (κ3) is 2.53. The van der Waals surface area contributed by atoms with Gasteiger partial charge in [0.1, 0.15) is 5.82 Å². The Kier molecular flexibility index (Phi) is 3.43. The molecule has 0 aliphatic heterocycles. The van der Waals surface area contributed by atoms with Gasteiger partial charge in [-0.25, -0.2) is 13.4 Å². The molecule has 0 amide bonds. The molecular weight excluding hydrogens is 266 g/mol. The molecule has 0 unspecified atom stereocenters. The van der Waals surface area contributed by atoms with Crippen LogP contribution in [0.25, 0.3) is 5.82 Å². The normalized spacial score (nSPS) is 11.5. The summed E-state index contributed by atoms with van der Waals surface area (Å²) in [5.41, 5.74) is 5.89. The minimum absolute atomic E-state index is 0.00000283. The number of nitrogens with two attached hydrogens (primary N) is 1. The van der Waals surface area contributed by atoms with Crippen molar-refractivity contribution in [1.82, 2.24) is 14.8 Å². The van der Waals surface area contributed by atoms with Crippen LogP contribution in [-0.4, -0.2) is 36.0 Å². The molecule has 2 aromatic rings. The molecule has 2 aromatic heterocycles. The van der Waals surface area contributed by atoms with Crippen molar-refractivity contribution < 1.29 is 8.42 Å². The van der Waals surface area contributed by atoms with Gasteiger partial charge >= 0.3 is 0 Å². The molecular formula is C11H15N5O2S. The van der Waals surface area contributed by atoms with Gasteiger partial charge in [0, 0.05) is 19.0 Å². The van der Waals surface area contributed by atoms with Crippen LogP contribution in [0.1, 0.15) is 6.92 Å². The lowest BCUT2D eigenvalue weighted by Crippen LogP contribution is -2.07. The van der Waals surface area contributed by atoms with Crippen LogP contribution in [-0.2, 0) is 9.84 Å². The number of nitrogens with one attached hydrogen (secondary N) is 1. The number of rotatable bonds is 4. The van der Waals surface area contributed by atoms with Gasteiger partial charge in [0.15, 0.2) is 26.4 Å². The fourth-order valence-electron chi connectivity index (χ4n) is 1.72. The Morgan fingerprint density at radius 1 is 1.42 bits per heavy atom. The molecule has 0 atom stereocenters. The number of nitrogens with zero attached hydrogens (tertiary/aromatic N) is 3. The molecule has 0 aliphatic rings. The fourth-order valence-corrected chi connectivity index (χ4v) is 2.65. The van der Waals surface area contributed by atoms with E-state index in [1.807, 2.05) is 6.92 Å². The monoisotopic (exact) mass is 281 g/mol. The van der Waals surface area contributed by atoms with Crippen LogP contribution >= 0.6 is 0 Å². The summed E-state index contributed by atoms with van der Waals surface area (Å²) < 4.78 is 24.9. The highest BCUT2D eigenvalue weighted by Gasteiger charge is 2.24. The van der Waals surface area contributed by atoms with Crippen molar-refractivity contribution in [3.8, 4) is 5.82 Å². The average molecular weight is 281 g/mol. The van der Waals surface area contributed by atoms with Crippen LogP contribution in [0, 0.1) is 0 Å². The summed E-state index contributed by atoms with van der Waals surface area (Å²) >= 11 is 0. The molecule has 19 heavy (non-hydrogen) atoms. The van der Waals surface area contributed by atoms with Gasteiger partial charge in [-0.2, -0.15) is 4.68 Å². The molecule has 0 bridgehead atoms. The van der Waals surface area contributed by atoms with Crippen molar-refractivity contribution in [3.63, 3.8) is 0 Å². The summed E-state index contributed by atoms with van der Waals surface area (Å²) in [4.78, 5) is 4.10. The molecule has 3 N–H and O–H groups in total. The van der Waals surface area contributed by atoms with Gasteiger partial charge in [-0.1, -0.05) is 6.07 Å². The van der Waals surface area contributed by atoms with Gasteiger partial charge in [0.25, 0.3) is 0 Å². The minimum atomic E-state index is -3.47. The fraction of sp³-hybridized carbons (Fsp3) is 0.273. The predicted octanol–water partition coefficient (Wildman–Crippen LogP) is 0.685. The Labute approximate surface area is 111 Å². The van der Waals surface area contributed by atoms with Crippen molar-refractivity contribution in [1.29, 1.82) is 0 Å². The van der Waals surface area contributed by atoms with E-state index in [0.29, 0.717) is 12.4 Å². The summed E-state index contributed by atoms with van der Waals surface area (Å²) in [5.74, 6) is 0.763. The van der Waals surface area contributed by atoms with Gasteiger partial charge in [-0.15, -0.1) is 5.10 Å². The second kappa shape index (κ2) is 4.88. The number of hydrogen-bond donors (Lipinski definition) is 2. The summed E-state index contributed by atoms with van der Waals surface area (Å²) in [6, 6.07) is 5.23. The predicted molar refractivity (Wildman–Crippen MR) is 73.0 cm³/mol. The highest BCUT2D eigenvalue weighted by molar-refractivity contribution is 7.91.